The van der Waals surface area contributed by atoms with Gasteiger partial charge in [-0.05, 0) is 49.9 Å². The van der Waals surface area contributed by atoms with E-state index in [-0.39, 0.29) is 23.7 Å². The lowest BCUT2D eigenvalue weighted by atomic mass is 9.96. The number of aromatic nitrogens is 1. The predicted octanol–water partition coefficient (Wildman–Crippen LogP) is 4.22. The van der Waals surface area contributed by atoms with Crippen LogP contribution in [0.5, 0.6) is 0 Å². The van der Waals surface area contributed by atoms with Gasteiger partial charge in [0.15, 0.2) is 11.5 Å². The van der Waals surface area contributed by atoms with E-state index in [9.17, 15) is 9.59 Å². The number of para-hydroxylation sites is 3. The highest BCUT2D eigenvalue weighted by Crippen LogP contribution is 2.34. The maximum Gasteiger partial charge on any atom is 0.255 e. The van der Waals surface area contributed by atoms with Gasteiger partial charge in [0.2, 0.25) is 5.91 Å². The van der Waals surface area contributed by atoms with E-state index in [0.29, 0.717) is 24.3 Å². The third-order valence-electron chi connectivity index (χ3n) is 6.19. The molecule has 1 aliphatic heterocycles. The van der Waals surface area contributed by atoms with E-state index in [0.717, 1.165) is 42.7 Å². The fourth-order valence-corrected chi connectivity index (χ4v) is 4.23. The van der Waals surface area contributed by atoms with E-state index in [1.165, 1.54) is 0 Å². The van der Waals surface area contributed by atoms with Gasteiger partial charge >= 0.3 is 0 Å². The Morgan fingerprint density at radius 1 is 1.00 bits per heavy atom. The molecule has 2 fully saturated rings. The van der Waals surface area contributed by atoms with Crippen LogP contribution in [0, 0.1) is 5.92 Å². The minimum Gasteiger partial charge on any atom is -0.440 e. The second-order valence-electron chi connectivity index (χ2n) is 8.27. The fourth-order valence-electron chi connectivity index (χ4n) is 4.23. The zero-order chi connectivity index (χ0) is 20.7. The molecule has 0 bridgehead atoms. The molecule has 154 valence electrons. The number of benzene rings is 2. The lowest BCUT2D eigenvalue weighted by Crippen LogP contribution is -2.39. The van der Waals surface area contributed by atoms with Crippen LogP contribution in [0.2, 0.25) is 0 Å². The molecule has 1 aliphatic carbocycles. The number of hydrogen-bond donors (Lipinski definition) is 0. The van der Waals surface area contributed by atoms with E-state index in [1.807, 2.05) is 53.4 Å². The van der Waals surface area contributed by atoms with Crippen molar-refractivity contribution < 1.29 is 14.0 Å². The van der Waals surface area contributed by atoms with Crippen LogP contribution in [-0.4, -0.2) is 41.8 Å². The molecule has 6 nitrogen and oxygen atoms in total. The number of rotatable bonds is 4. The maximum absolute atomic E-state index is 13.3. The summed E-state index contributed by atoms with van der Waals surface area (Å²) in [6.45, 7) is 1.30. The zero-order valence-electron chi connectivity index (χ0n) is 17.1. The maximum atomic E-state index is 13.3. The normalized spacial score (nSPS) is 17.3. The molecule has 2 heterocycles. The van der Waals surface area contributed by atoms with E-state index in [1.54, 1.807) is 11.9 Å². The van der Waals surface area contributed by atoms with Gasteiger partial charge in [0, 0.05) is 32.0 Å². The average molecular weight is 403 g/mol. The van der Waals surface area contributed by atoms with Gasteiger partial charge in [-0.2, -0.15) is 0 Å². The van der Waals surface area contributed by atoms with Gasteiger partial charge in [-0.1, -0.05) is 24.3 Å². The van der Waals surface area contributed by atoms with Crippen molar-refractivity contribution in [1.82, 2.24) is 9.88 Å². The Balaban J connectivity index is 1.29. The quantitative estimate of drug-likeness (QED) is 0.654. The Morgan fingerprint density at radius 2 is 1.70 bits per heavy atom. The molecule has 3 aromatic rings. The molecule has 1 saturated heterocycles. The first-order valence-corrected chi connectivity index (χ1v) is 10.6. The monoisotopic (exact) mass is 403 g/mol. The standard InChI is InChI=1S/C24H25N3O3/c1-26(23(28)17-10-11-17)20-8-4-2-6-18(20)24(29)27-14-12-16(13-15-27)22-25-19-7-3-5-9-21(19)30-22/h2-9,16-17H,10-15H2,1H3. The lowest BCUT2D eigenvalue weighted by Gasteiger charge is -2.32. The first-order valence-electron chi connectivity index (χ1n) is 10.6. The number of piperidine rings is 1. The molecule has 2 amide bonds. The smallest absolute Gasteiger partial charge is 0.255 e. The summed E-state index contributed by atoms with van der Waals surface area (Å²) in [5, 5.41) is 0. The van der Waals surface area contributed by atoms with E-state index in [4.69, 9.17) is 4.42 Å². The topological polar surface area (TPSA) is 66.7 Å². The van der Waals surface area contributed by atoms with Crippen LogP contribution in [0.3, 0.4) is 0 Å². The summed E-state index contributed by atoms with van der Waals surface area (Å²) in [4.78, 5) is 33.9. The van der Waals surface area contributed by atoms with Gasteiger partial charge in [-0.25, -0.2) is 4.98 Å². The summed E-state index contributed by atoms with van der Waals surface area (Å²) in [5.74, 6) is 1.18. The number of oxazole rings is 1. The molecule has 0 spiro atoms. The Hall–Kier alpha value is -3.15. The number of anilines is 1. The number of carbonyl (C=O) groups excluding carboxylic acids is 2. The van der Waals surface area contributed by atoms with Crippen molar-refractivity contribution >= 4 is 28.6 Å². The third kappa shape index (κ3) is 3.47. The molecule has 2 aliphatic rings. The highest BCUT2D eigenvalue weighted by molar-refractivity contribution is 6.05. The predicted molar refractivity (Wildman–Crippen MR) is 114 cm³/mol. The molecular weight excluding hydrogens is 378 g/mol. The summed E-state index contributed by atoms with van der Waals surface area (Å²) in [6, 6.07) is 15.2. The molecular formula is C24H25N3O3. The van der Waals surface area contributed by atoms with E-state index in [2.05, 4.69) is 4.98 Å². The van der Waals surface area contributed by atoms with E-state index < -0.39 is 0 Å². The number of nitrogens with zero attached hydrogens (tertiary/aromatic N) is 3. The number of amides is 2. The van der Waals surface area contributed by atoms with Crippen molar-refractivity contribution in [3.63, 3.8) is 0 Å². The van der Waals surface area contributed by atoms with Gasteiger partial charge in [-0.15, -0.1) is 0 Å². The van der Waals surface area contributed by atoms with Crippen LogP contribution in [0.25, 0.3) is 11.1 Å². The summed E-state index contributed by atoms with van der Waals surface area (Å²) >= 11 is 0. The summed E-state index contributed by atoms with van der Waals surface area (Å²) < 4.78 is 5.93. The number of likely N-dealkylation sites (tertiary alicyclic amines) is 1. The summed E-state index contributed by atoms with van der Waals surface area (Å²) in [6.07, 6.45) is 3.53. The van der Waals surface area contributed by atoms with Gasteiger partial charge < -0.3 is 14.2 Å². The van der Waals surface area contributed by atoms with Crippen molar-refractivity contribution in [1.29, 1.82) is 0 Å². The van der Waals surface area contributed by atoms with Crippen molar-refractivity contribution in [2.45, 2.75) is 31.6 Å². The summed E-state index contributed by atoms with van der Waals surface area (Å²) in [5.41, 5.74) is 2.97. The summed E-state index contributed by atoms with van der Waals surface area (Å²) in [7, 11) is 1.77. The Labute approximate surface area is 175 Å². The van der Waals surface area contributed by atoms with Gasteiger partial charge in [0.1, 0.15) is 5.52 Å². The molecule has 6 heteroatoms. The van der Waals surface area contributed by atoms with Crippen molar-refractivity contribution in [3.05, 3.63) is 60.0 Å². The van der Waals surface area contributed by atoms with Crippen LogP contribution in [0.1, 0.15) is 47.8 Å². The van der Waals surface area contributed by atoms with Crippen LogP contribution in [-0.2, 0) is 4.79 Å². The SMILES string of the molecule is CN(C(=O)C1CC1)c1ccccc1C(=O)N1CCC(c2nc3ccccc3o2)CC1. The average Bonchev–Trinajstić information content (AvgIpc) is 3.56. The van der Waals surface area contributed by atoms with Crippen molar-refractivity contribution in [3.8, 4) is 0 Å². The lowest BCUT2D eigenvalue weighted by molar-refractivity contribution is -0.119. The van der Waals surface area contributed by atoms with Crippen molar-refractivity contribution in [2.75, 3.05) is 25.0 Å². The molecule has 0 N–H and O–H groups in total. The number of carbonyl (C=O) groups is 2. The third-order valence-corrected chi connectivity index (χ3v) is 6.19. The molecule has 0 atom stereocenters. The molecule has 0 radical (unpaired) electrons. The van der Waals surface area contributed by atoms with Crippen LogP contribution in [0.15, 0.2) is 52.9 Å². The van der Waals surface area contributed by atoms with Crippen LogP contribution >= 0.6 is 0 Å². The molecule has 5 rings (SSSR count). The van der Waals surface area contributed by atoms with E-state index >= 15 is 0 Å². The second-order valence-corrected chi connectivity index (χ2v) is 8.27. The molecule has 1 aromatic heterocycles. The van der Waals surface area contributed by atoms with Crippen LogP contribution in [0.4, 0.5) is 5.69 Å². The molecule has 1 saturated carbocycles. The Bertz CT molecular complexity index is 1060. The largest absolute Gasteiger partial charge is 0.440 e. The molecule has 30 heavy (non-hydrogen) atoms. The Morgan fingerprint density at radius 3 is 2.43 bits per heavy atom. The minimum atomic E-state index is -0.0166. The van der Waals surface area contributed by atoms with Crippen LogP contribution < -0.4 is 4.90 Å². The van der Waals surface area contributed by atoms with Gasteiger partial charge in [0.25, 0.3) is 5.91 Å². The fraction of sp³-hybridized carbons (Fsp3) is 0.375. The highest BCUT2D eigenvalue weighted by atomic mass is 16.3. The minimum absolute atomic E-state index is 0.0166. The zero-order valence-corrected chi connectivity index (χ0v) is 17.1. The Kier molecular flexibility index (Phi) is 4.77. The van der Waals surface area contributed by atoms with Gasteiger partial charge in [0.05, 0.1) is 11.3 Å². The second kappa shape index (κ2) is 7.59. The highest BCUT2D eigenvalue weighted by Gasteiger charge is 2.34. The first kappa shape index (κ1) is 18.9. The first-order chi connectivity index (χ1) is 14.6. The number of hydrogen-bond acceptors (Lipinski definition) is 4. The number of fused-ring (bicyclic) bond motifs is 1. The molecule has 2 aromatic carbocycles. The van der Waals surface area contributed by atoms with Gasteiger partial charge in [-0.3, -0.25) is 9.59 Å². The molecule has 0 unspecified atom stereocenters. The van der Waals surface area contributed by atoms with Crippen molar-refractivity contribution in [2.24, 2.45) is 5.92 Å².